The van der Waals surface area contributed by atoms with Crippen molar-refractivity contribution in [2.75, 3.05) is 32.1 Å². The second kappa shape index (κ2) is 16.7. The molecule has 0 saturated carbocycles. The van der Waals surface area contributed by atoms with Crippen LogP contribution in [0.3, 0.4) is 0 Å². The van der Waals surface area contributed by atoms with E-state index in [-0.39, 0.29) is 80.3 Å². The van der Waals surface area contributed by atoms with Gasteiger partial charge in [-0.15, -0.1) is 0 Å². The maximum atomic E-state index is 14.8. The molecule has 2 aromatic rings. The van der Waals surface area contributed by atoms with E-state index in [0.717, 1.165) is 19.6 Å². The van der Waals surface area contributed by atoms with E-state index in [4.69, 9.17) is 33.7 Å². The van der Waals surface area contributed by atoms with Crippen molar-refractivity contribution in [1.82, 2.24) is 4.90 Å². The molecule has 4 aliphatic heterocycles. The molecule has 6 rings (SSSR count). The molecule has 4 heterocycles. The number of aromatic hydroxyl groups is 2. The van der Waals surface area contributed by atoms with E-state index in [1.54, 1.807) is 13.0 Å². The maximum absolute atomic E-state index is 14.8. The largest absolute Gasteiger partial charge is 0.507 e. The summed E-state index contributed by atoms with van der Waals surface area (Å²) < 4.78 is 30.6. The van der Waals surface area contributed by atoms with E-state index in [1.807, 2.05) is 62.3 Å². The highest BCUT2D eigenvalue weighted by molar-refractivity contribution is 6.19. The third-order valence-corrected chi connectivity index (χ3v) is 14.1. The lowest BCUT2D eigenvalue weighted by molar-refractivity contribution is -0.328. The van der Waals surface area contributed by atoms with Gasteiger partial charge in [0, 0.05) is 80.6 Å². The summed E-state index contributed by atoms with van der Waals surface area (Å²) >= 11 is 0. The molecular formula is C47H70N4O10. The molecule has 2 aromatic carbocycles. The van der Waals surface area contributed by atoms with Crippen LogP contribution in [-0.4, -0.2) is 100 Å². The van der Waals surface area contributed by atoms with Gasteiger partial charge in [0.2, 0.25) is 5.91 Å². The number of rotatable bonds is 13. The number of carbonyl (C=O) groups excluding carboxylic acids is 2. The summed E-state index contributed by atoms with van der Waals surface area (Å²) in [5.74, 6) is -4.40. The monoisotopic (exact) mass is 851 g/mol. The molecule has 4 aliphatic rings. The fourth-order valence-electron chi connectivity index (χ4n) is 9.27. The first-order valence-corrected chi connectivity index (χ1v) is 22.0. The van der Waals surface area contributed by atoms with E-state index < -0.39 is 52.3 Å². The number of phenolic OH excluding ortho intramolecular Hbond substituents is 2. The fourth-order valence-corrected chi connectivity index (χ4v) is 9.27. The van der Waals surface area contributed by atoms with E-state index >= 15 is 0 Å². The van der Waals surface area contributed by atoms with Crippen LogP contribution in [0.5, 0.6) is 17.2 Å². The van der Waals surface area contributed by atoms with Crippen molar-refractivity contribution in [2.24, 2.45) is 45.0 Å². The summed E-state index contributed by atoms with van der Waals surface area (Å²) in [5.41, 5.74) is -1.39. The Bertz CT molecular complexity index is 2190. The first kappa shape index (κ1) is 46.7. The topological polar surface area (TPSA) is 181 Å². The molecule has 14 nitrogen and oxygen atoms in total. The second-order valence-electron chi connectivity index (χ2n) is 20.0. The number of aliphatic hydroxyl groups excluding tert-OH is 1. The van der Waals surface area contributed by atoms with Crippen molar-refractivity contribution in [1.29, 1.82) is 0 Å². The molecule has 0 aromatic heterocycles. The van der Waals surface area contributed by atoms with E-state index in [9.17, 15) is 24.9 Å². The van der Waals surface area contributed by atoms with Gasteiger partial charge in [-0.05, 0) is 45.6 Å². The zero-order valence-corrected chi connectivity index (χ0v) is 38.9. The van der Waals surface area contributed by atoms with Gasteiger partial charge in [-0.2, -0.15) is 0 Å². The number of benzene rings is 2. The van der Waals surface area contributed by atoms with Crippen LogP contribution in [0.15, 0.2) is 22.3 Å². The molecule has 61 heavy (non-hydrogen) atoms. The number of piperidine rings is 1. The van der Waals surface area contributed by atoms with Crippen LogP contribution in [-0.2, 0) is 23.7 Å². The Morgan fingerprint density at radius 1 is 1.00 bits per heavy atom. The van der Waals surface area contributed by atoms with Gasteiger partial charge < -0.3 is 49.2 Å². The number of likely N-dealkylation sites (tertiary alicyclic amines) is 1. The van der Waals surface area contributed by atoms with Crippen LogP contribution in [0, 0.1) is 41.9 Å². The van der Waals surface area contributed by atoms with Crippen LogP contribution in [0.4, 0.5) is 5.69 Å². The minimum atomic E-state index is -1.89. The van der Waals surface area contributed by atoms with Crippen LogP contribution in [0.25, 0.3) is 10.8 Å². The molecule has 8 atom stereocenters. The highest BCUT2D eigenvalue weighted by Gasteiger charge is 2.50. The third-order valence-electron chi connectivity index (χ3n) is 14.1. The quantitative estimate of drug-likeness (QED) is 0.127. The molecule has 1 amide bonds. The van der Waals surface area contributed by atoms with E-state index in [2.05, 4.69) is 31.0 Å². The Balaban J connectivity index is 1.37. The average molecular weight is 851 g/mol. The average Bonchev–Trinajstić information content (AvgIpc) is 3.68. The molecule has 2 fully saturated rings. The molecule has 0 bridgehead atoms. The molecule has 338 valence electrons. The number of anilines is 1. The lowest BCUT2D eigenvalue weighted by atomic mass is 9.80. The Hall–Kier alpha value is -3.82. The number of methoxy groups -OCH3 is 1. The number of amides is 1. The lowest BCUT2D eigenvalue weighted by Crippen LogP contribution is -2.54. The number of nitrogens with zero attached hydrogens (tertiary/aromatic N) is 3. The molecule has 1 spiro atoms. The SMILES string of the molecule is CO[C@@H](/C=C/O[C@@]1(C)Oc2c(C)c(O)c3c(O)c(NC(=O)C(C)(C)C(C)C)c4c(c3c2C1=O)=NC1(CCN(CC(C)C)CC1)N=4)[C@@H](C)[C@@H](O)[C@H](C)[C@@H]1OC(C)(C)O[C@@H](C)[C@H]1C. The van der Waals surface area contributed by atoms with Crippen molar-refractivity contribution in [3.05, 3.63) is 34.2 Å². The number of phenols is 2. The number of fused-ring (bicyclic) bond motifs is 5. The smallest absolute Gasteiger partial charge is 0.312 e. The molecule has 2 saturated heterocycles. The molecule has 4 N–H and O–H groups in total. The van der Waals surface area contributed by atoms with Gasteiger partial charge in [-0.25, -0.2) is 0 Å². The number of carbonyl (C=O) groups is 2. The first-order chi connectivity index (χ1) is 28.3. The predicted molar refractivity (Wildman–Crippen MR) is 232 cm³/mol. The summed E-state index contributed by atoms with van der Waals surface area (Å²) in [6.07, 6.45) is 2.37. The Kier molecular flexibility index (Phi) is 12.8. The Morgan fingerprint density at radius 2 is 1.62 bits per heavy atom. The van der Waals surface area contributed by atoms with Gasteiger partial charge in [-0.1, -0.05) is 62.3 Å². The molecular weight excluding hydrogens is 781 g/mol. The predicted octanol–water partition coefficient (Wildman–Crippen LogP) is 6.53. The zero-order valence-electron chi connectivity index (χ0n) is 38.9. The number of nitrogens with one attached hydrogen (secondary N) is 1. The minimum Gasteiger partial charge on any atom is -0.507 e. The number of Topliss-reactive ketones (excluding diaryl/α,β-unsaturated/α-hetero) is 1. The summed E-state index contributed by atoms with van der Waals surface area (Å²) in [7, 11) is 1.54. The zero-order chi connectivity index (χ0) is 45.3. The van der Waals surface area contributed by atoms with Crippen molar-refractivity contribution in [2.45, 2.75) is 151 Å². The number of aliphatic hydroxyl groups is 1. The summed E-state index contributed by atoms with van der Waals surface area (Å²) in [5, 5.41) is 39.3. The summed E-state index contributed by atoms with van der Waals surface area (Å²) in [4.78, 5) is 41.4. The number of hydrogen-bond acceptors (Lipinski definition) is 13. The molecule has 0 aliphatic carbocycles. The van der Waals surface area contributed by atoms with Gasteiger partial charge in [0.25, 0.3) is 5.78 Å². The highest BCUT2D eigenvalue weighted by atomic mass is 16.7. The van der Waals surface area contributed by atoms with Crippen LogP contribution >= 0.6 is 0 Å². The van der Waals surface area contributed by atoms with Gasteiger partial charge in [0.1, 0.15) is 22.5 Å². The van der Waals surface area contributed by atoms with Gasteiger partial charge >= 0.3 is 5.79 Å². The second-order valence-corrected chi connectivity index (χ2v) is 20.0. The van der Waals surface area contributed by atoms with Crippen molar-refractivity contribution < 1.29 is 48.6 Å². The standard InChI is InChI=1S/C47H70N4O10/c1-23(2)22-51-19-17-47(18-20-51)49-34-31-32(39(54)36(35(34)50-47)48-43(56)44(10,11)24(3)4)38(53)28(8)41-33(31)42(55)46(14,61-41)58-21-16-30(57-15)26(6)37(52)27(7)40-25(5)29(9)59-45(12,13)60-40/h16,21,23-27,29-30,37,40,52-54H,17-20,22H2,1-15H3,(H,48,56)/b21-16+/t25-,26-,27+,29+,30+,37-,40-,46+/m1/s1. The first-order valence-electron chi connectivity index (χ1n) is 22.0. The molecule has 0 radical (unpaired) electrons. The number of ketones is 1. The summed E-state index contributed by atoms with van der Waals surface area (Å²) in [6, 6.07) is 0. The van der Waals surface area contributed by atoms with Crippen molar-refractivity contribution >= 4 is 28.2 Å². The van der Waals surface area contributed by atoms with Crippen LogP contribution < -0.4 is 20.8 Å². The normalized spacial score (nSPS) is 26.8. The third kappa shape index (κ3) is 8.39. The van der Waals surface area contributed by atoms with E-state index in [0.29, 0.717) is 24.1 Å². The van der Waals surface area contributed by atoms with Gasteiger partial charge in [-0.3, -0.25) is 19.6 Å². The lowest BCUT2D eigenvalue weighted by Gasteiger charge is -2.47. The number of ether oxygens (including phenoxy) is 5. The Morgan fingerprint density at radius 3 is 2.21 bits per heavy atom. The van der Waals surface area contributed by atoms with Crippen LogP contribution in [0.1, 0.15) is 119 Å². The van der Waals surface area contributed by atoms with Crippen LogP contribution in [0.2, 0.25) is 0 Å². The molecule has 14 heteroatoms. The summed E-state index contributed by atoms with van der Waals surface area (Å²) in [6.45, 7) is 29.1. The van der Waals surface area contributed by atoms with Crippen molar-refractivity contribution in [3.63, 3.8) is 0 Å². The number of hydrogen-bond donors (Lipinski definition) is 4. The maximum Gasteiger partial charge on any atom is 0.312 e. The fraction of sp³-hybridized carbons (Fsp3) is 0.702. The molecule has 0 unspecified atom stereocenters. The van der Waals surface area contributed by atoms with E-state index in [1.165, 1.54) is 20.3 Å². The highest BCUT2D eigenvalue weighted by Crippen LogP contribution is 2.50. The Labute approximate surface area is 360 Å². The minimum absolute atomic E-state index is 0.0328. The van der Waals surface area contributed by atoms with Gasteiger partial charge in [0.15, 0.2) is 17.2 Å². The van der Waals surface area contributed by atoms with Crippen molar-refractivity contribution in [3.8, 4) is 17.2 Å². The van der Waals surface area contributed by atoms with Gasteiger partial charge in [0.05, 0.1) is 47.0 Å².